The number of fused-ring (bicyclic) bond motifs is 1. The fraction of sp³-hybridized carbons (Fsp3) is 0.114. The molecule has 1 aromatic heterocycles. The van der Waals surface area contributed by atoms with E-state index in [0.717, 1.165) is 63.1 Å². The summed E-state index contributed by atoms with van der Waals surface area (Å²) < 4.78 is 0. The van der Waals surface area contributed by atoms with Gasteiger partial charge in [0.2, 0.25) is 0 Å². The van der Waals surface area contributed by atoms with Gasteiger partial charge in [-0.2, -0.15) is 0 Å². The second-order valence-corrected chi connectivity index (χ2v) is 9.23. The van der Waals surface area contributed by atoms with Gasteiger partial charge in [-0.1, -0.05) is 43.5 Å². The molecule has 3 N–H and O–H groups in total. The summed E-state index contributed by atoms with van der Waals surface area (Å²) in [6.07, 6.45) is 11.7. The van der Waals surface area contributed by atoms with Crippen molar-refractivity contribution in [3.63, 3.8) is 0 Å². The zero-order valence-electron chi connectivity index (χ0n) is 23.8. The molecule has 0 saturated carbocycles. The number of pyridine rings is 1. The Balaban J connectivity index is 0.00000216. The molecule has 2 aromatic carbocycles. The topological polar surface area (TPSA) is 52.2 Å². The van der Waals surface area contributed by atoms with Gasteiger partial charge < -0.3 is 20.9 Å². The van der Waals surface area contributed by atoms with Gasteiger partial charge in [-0.15, -0.1) is 13.2 Å². The first kappa shape index (κ1) is 29.5. The van der Waals surface area contributed by atoms with Crippen molar-refractivity contribution < 1.29 is 0 Å². The predicted molar refractivity (Wildman–Crippen MR) is 177 cm³/mol. The van der Waals surface area contributed by atoms with E-state index in [9.17, 15) is 0 Å². The largest absolute Gasteiger partial charge is 0.370 e. The molecule has 1 aliphatic rings. The first-order chi connectivity index (χ1) is 19.4. The summed E-state index contributed by atoms with van der Waals surface area (Å²) in [5.41, 5.74) is 10.9. The van der Waals surface area contributed by atoms with Crippen molar-refractivity contribution in [1.29, 1.82) is 0 Å². The Morgan fingerprint density at radius 2 is 1.62 bits per heavy atom. The summed E-state index contributed by atoms with van der Waals surface area (Å²) in [6.45, 7) is 22.9. The van der Waals surface area contributed by atoms with Gasteiger partial charge in [0.25, 0.3) is 0 Å². The Morgan fingerprint density at radius 1 is 0.950 bits per heavy atom. The SMILES string of the molecule is C=C.C=C/C=C(\C=C/C)Nc1ccc(NC(=C)c2ccc(NC3=CCN(C)c4ccc(C(=C)C)cc43)cn2)cc1. The van der Waals surface area contributed by atoms with E-state index >= 15 is 0 Å². The van der Waals surface area contributed by atoms with Crippen LogP contribution in [0.3, 0.4) is 0 Å². The van der Waals surface area contributed by atoms with Crippen molar-refractivity contribution in [2.24, 2.45) is 0 Å². The lowest BCUT2D eigenvalue weighted by Crippen LogP contribution is -2.23. The average Bonchev–Trinajstić information content (AvgIpc) is 2.97. The van der Waals surface area contributed by atoms with Crippen molar-refractivity contribution in [3.8, 4) is 0 Å². The third-order valence-electron chi connectivity index (χ3n) is 6.22. The van der Waals surface area contributed by atoms with Gasteiger partial charge in [0.15, 0.2) is 0 Å². The molecule has 0 unspecified atom stereocenters. The number of anilines is 4. The van der Waals surface area contributed by atoms with Crippen LogP contribution >= 0.6 is 0 Å². The van der Waals surface area contributed by atoms with E-state index in [4.69, 9.17) is 0 Å². The fourth-order valence-corrected chi connectivity index (χ4v) is 4.19. The number of rotatable bonds is 10. The van der Waals surface area contributed by atoms with E-state index < -0.39 is 0 Å². The molecule has 0 spiro atoms. The van der Waals surface area contributed by atoms with Gasteiger partial charge >= 0.3 is 0 Å². The van der Waals surface area contributed by atoms with E-state index in [0.29, 0.717) is 0 Å². The van der Waals surface area contributed by atoms with Crippen LogP contribution in [0, 0.1) is 0 Å². The standard InChI is InChI=1S/C33H35N5.C2H4/c1-7-9-26(10-8-2)36-28-14-12-27(13-15-28)35-24(5)31-17-16-29(22-34-31)37-32-19-20-38(6)33-18-11-25(23(3)4)21-30(32)33;1-2/h7-19,21-22,35-37H,1,3,5,20H2,2,4,6H3;1-2H2/b10-8-,26-9+;. The Morgan fingerprint density at radius 3 is 2.23 bits per heavy atom. The van der Waals surface area contributed by atoms with Crippen LogP contribution in [0.5, 0.6) is 0 Å². The summed E-state index contributed by atoms with van der Waals surface area (Å²) in [7, 11) is 2.10. The van der Waals surface area contributed by atoms with E-state index in [1.165, 1.54) is 5.69 Å². The molecule has 0 fully saturated rings. The molecule has 0 bridgehead atoms. The van der Waals surface area contributed by atoms with Crippen LogP contribution in [-0.2, 0) is 0 Å². The highest BCUT2D eigenvalue weighted by molar-refractivity contribution is 5.88. The number of nitrogens with one attached hydrogen (secondary N) is 3. The molecule has 3 aromatic rings. The first-order valence-corrected chi connectivity index (χ1v) is 13.1. The minimum atomic E-state index is 0.730. The number of allylic oxidation sites excluding steroid dienone is 5. The van der Waals surface area contributed by atoms with E-state index in [2.05, 4.69) is 90.1 Å². The van der Waals surface area contributed by atoms with Crippen LogP contribution in [0.4, 0.5) is 22.7 Å². The molecular weight excluding hydrogens is 490 g/mol. The molecule has 2 heterocycles. The molecule has 1 aliphatic heterocycles. The quantitative estimate of drug-likeness (QED) is 0.181. The second kappa shape index (κ2) is 14.2. The Hall–Kier alpha value is -5.03. The van der Waals surface area contributed by atoms with Crippen molar-refractivity contribution in [2.75, 3.05) is 34.4 Å². The molecular formula is C35H39N5. The highest BCUT2D eigenvalue weighted by Gasteiger charge is 2.17. The lowest BCUT2D eigenvalue weighted by Gasteiger charge is -2.28. The van der Waals surface area contributed by atoms with Crippen LogP contribution in [0.1, 0.15) is 30.7 Å². The Kier molecular flexibility index (Phi) is 10.5. The van der Waals surface area contributed by atoms with Crippen LogP contribution in [0.25, 0.3) is 17.0 Å². The normalized spacial score (nSPS) is 12.4. The lowest BCUT2D eigenvalue weighted by atomic mass is 9.98. The average molecular weight is 530 g/mol. The van der Waals surface area contributed by atoms with Gasteiger partial charge in [-0.05, 0) is 86.2 Å². The van der Waals surface area contributed by atoms with Gasteiger partial charge in [-0.25, -0.2) is 0 Å². The van der Waals surface area contributed by atoms with Crippen molar-refractivity contribution in [3.05, 3.63) is 147 Å². The van der Waals surface area contributed by atoms with Crippen LogP contribution in [-0.4, -0.2) is 18.6 Å². The van der Waals surface area contributed by atoms with Crippen molar-refractivity contribution >= 4 is 39.7 Å². The van der Waals surface area contributed by atoms with Gasteiger partial charge in [0.1, 0.15) is 0 Å². The predicted octanol–water partition coefficient (Wildman–Crippen LogP) is 8.96. The van der Waals surface area contributed by atoms with E-state index in [1.54, 1.807) is 6.08 Å². The molecule has 0 radical (unpaired) electrons. The van der Waals surface area contributed by atoms with Gasteiger partial charge in [0, 0.05) is 47.6 Å². The number of likely N-dealkylation sites (N-methyl/N-ethyl adjacent to an activating group) is 1. The zero-order chi connectivity index (χ0) is 29.1. The summed E-state index contributed by atoms with van der Waals surface area (Å²) in [5.74, 6) is 0. The summed E-state index contributed by atoms with van der Waals surface area (Å²) in [5, 5.41) is 10.3. The number of nitrogens with zero attached hydrogens (tertiary/aromatic N) is 2. The van der Waals surface area contributed by atoms with E-state index in [-0.39, 0.29) is 0 Å². The van der Waals surface area contributed by atoms with Gasteiger partial charge in [0.05, 0.1) is 23.3 Å². The van der Waals surface area contributed by atoms with Crippen LogP contribution < -0.4 is 20.9 Å². The van der Waals surface area contributed by atoms with Crippen LogP contribution in [0.15, 0.2) is 130 Å². The highest BCUT2D eigenvalue weighted by Crippen LogP contribution is 2.33. The summed E-state index contributed by atoms with van der Waals surface area (Å²) >= 11 is 0. The number of aromatic nitrogens is 1. The minimum absolute atomic E-state index is 0.730. The molecule has 40 heavy (non-hydrogen) atoms. The molecule has 0 saturated heterocycles. The molecule has 204 valence electrons. The zero-order valence-corrected chi connectivity index (χ0v) is 23.8. The first-order valence-electron chi connectivity index (χ1n) is 13.1. The summed E-state index contributed by atoms with van der Waals surface area (Å²) in [4.78, 5) is 6.88. The monoisotopic (exact) mass is 529 g/mol. The molecule has 0 aliphatic carbocycles. The van der Waals surface area contributed by atoms with E-state index in [1.807, 2.05) is 74.7 Å². The summed E-state index contributed by atoms with van der Waals surface area (Å²) in [6, 6.07) is 18.5. The number of hydrogen-bond acceptors (Lipinski definition) is 5. The third-order valence-corrected chi connectivity index (χ3v) is 6.22. The van der Waals surface area contributed by atoms with Crippen LogP contribution in [0.2, 0.25) is 0 Å². The Labute approximate surface area is 239 Å². The maximum absolute atomic E-state index is 4.64. The molecule has 5 nitrogen and oxygen atoms in total. The van der Waals surface area contributed by atoms with Crippen molar-refractivity contribution in [1.82, 2.24) is 4.98 Å². The molecule has 5 heteroatoms. The number of hydrogen-bond donors (Lipinski definition) is 3. The molecule has 0 amide bonds. The Bertz CT molecular complexity index is 1440. The van der Waals surface area contributed by atoms with Gasteiger partial charge in [-0.3, -0.25) is 4.98 Å². The van der Waals surface area contributed by atoms with Crippen molar-refractivity contribution in [2.45, 2.75) is 13.8 Å². The number of benzene rings is 2. The fourth-order valence-electron chi connectivity index (χ4n) is 4.19. The lowest BCUT2D eigenvalue weighted by molar-refractivity contribution is 1.01. The smallest absolute Gasteiger partial charge is 0.0859 e. The third kappa shape index (κ3) is 7.51. The maximum Gasteiger partial charge on any atom is 0.0859 e. The minimum Gasteiger partial charge on any atom is -0.370 e. The maximum atomic E-state index is 4.64. The second-order valence-electron chi connectivity index (χ2n) is 9.23. The highest BCUT2D eigenvalue weighted by atomic mass is 15.1. The molecule has 0 atom stereocenters. The molecule has 4 rings (SSSR count).